The molecule has 3 rings (SSSR count). The van der Waals surface area contributed by atoms with Crippen molar-refractivity contribution in [3.05, 3.63) is 23.8 Å². The summed E-state index contributed by atoms with van der Waals surface area (Å²) in [5.74, 6) is -7.59. The van der Waals surface area contributed by atoms with Gasteiger partial charge in [0.25, 0.3) is 0 Å². The van der Waals surface area contributed by atoms with E-state index in [0.29, 0.717) is 6.29 Å². The number of carbonyl (C=O) groups excluding carboxylic acids is 9. The quantitative estimate of drug-likeness (QED) is 0.132. The first kappa shape index (κ1) is 44.6. The molecule has 10 atom stereocenters. The molecule has 2 heterocycles. The summed E-state index contributed by atoms with van der Waals surface area (Å²) in [6.07, 6.45) is -15.6. The van der Waals surface area contributed by atoms with Gasteiger partial charge in [-0.05, 0) is 18.2 Å². The van der Waals surface area contributed by atoms with Gasteiger partial charge in [-0.3, -0.25) is 43.2 Å². The SMILES string of the molecule is CC(=O)OC[C@@H]1O[C@H](Oc2ccc(C=O)cc2O[C@@H]2O[C@H](COC(C)=O)[C@H](OC(C)=O)[C@H](OC(C)=O)[C@@H]2OC(C)=O)[C@@H](OC(C)=O)[C@H](OC(C)=O)[C@H]1OC(C)=O. The molecule has 2 aliphatic rings. The molecular formula is C35H42O21. The highest BCUT2D eigenvalue weighted by Gasteiger charge is 2.55. The van der Waals surface area contributed by atoms with Gasteiger partial charge >= 0.3 is 47.8 Å². The number of esters is 8. The van der Waals surface area contributed by atoms with Crippen LogP contribution in [0.2, 0.25) is 0 Å². The zero-order valence-electron chi connectivity index (χ0n) is 31.6. The standard InChI is InChI=1S/C35H42O21/c1-15(37)45-13-26-28(47-17(3)39)30(49-19(5)41)32(51-21(7)43)34(55-26)53-24-10-9-23(12-36)11-25(24)54-35-33(52-22(8)44)31(50-20(6)42)29(48-18(4)40)27(56-35)14-46-16(2)38/h9-12,26-35H,13-14H2,1-8H3/t26-,27+,28-,29-,30+,31-,32-,33-,34-,35+/m0/s1. The first-order valence-corrected chi connectivity index (χ1v) is 16.8. The van der Waals surface area contributed by atoms with Crippen molar-refractivity contribution < 1.29 is 100.0 Å². The van der Waals surface area contributed by atoms with Crippen LogP contribution in [0.25, 0.3) is 0 Å². The Labute approximate surface area is 319 Å². The summed E-state index contributed by atoms with van der Waals surface area (Å²) in [6.45, 7) is 7.19. The maximum absolute atomic E-state index is 12.4. The van der Waals surface area contributed by atoms with E-state index in [-0.39, 0.29) is 17.1 Å². The molecule has 0 N–H and O–H groups in total. The second-order valence-corrected chi connectivity index (χ2v) is 12.2. The summed E-state index contributed by atoms with van der Waals surface area (Å²) in [4.78, 5) is 109. The molecule has 308 valence electrons. The predicted molar refractivity (Wildman–Crippen MR) is 177 cm³/mol. The first-order chi connectivity index (χ1) is 26.3. The zero-order valence-corrected chi connectivity index (χ0v) is 31.6. The molecule has 0 radical (unpaired) electrons. The van der Waals surface area contributed by atoms with Crippen molar-refractivity contribution in [2.75, 3.05) is 13.2 Å². The molecule has 21 heteroatoms. The van der Waals surface area contributed by atoms with Gasteiger partial charge in [-0.1, -0.05) is 0 Å². The van der Waals surface area contributed by atoms with Gasteiger partial charge in [-0.2, -0.15) is 0 Å². The average Bonchev–Trinajstić information content (AvgIpc) is 3.07. The number of rotatable bonds is 15. The number of ether oxygens (including phenoxy) is 12. The molecule has 0 aromatic heterocycles. The second-order valence-electron chi connectivity index (χ2n) is 12.2. The van der Waals surface area contributed by atoms with Crippen LogP contribution in [0.15, 0.2) is 18.2 Å². The Morgan fingerprint density at radius 1 is 0.482 bits per heavy atom. The van der Waals surface area contributed by atoms with E-state index < -0.39 is 122 Å². The third-order valence-corrected chi connectivity index (χ3v) is 7.49. The van der Waals surface area contributed by atoms with E-state index >= 15 is 0 Å². The van der Waals surface area contributed by atoms with Crippen molar-refractivity contribution >= 4 is 54.0 Å². The van der Waals surface area contributed by atoms with E-state index in [9.17, 15) is 43.2 Å². The van der Waals surface area contributed by atoms with Crippen LogP contribution in [0.3, 0.4) is 0 Å². The lowest BCUT2D eigenvalue weighted by Crippen LogP contribution is -2.64. The van der Waals surface area contributed by atoms with Crippen LogP contribution in [0.4, 0.5) is 0 Å². The van der Waals surface area contributed by atoms with Gasteiger partial charge < -0.3 is 56.8 Å². The van der Waals surface area contributed by atoms with Gasteiger partial charge in [0.1, 0.15) is 31.7 Å². The molecule has 1 aromatic rings. The maximum Gasteiger partial charge on any atom is 0.303 e. The lowest BCUT2D eigenvalue weighted by atomic mass is 9.98. The van der Waals surface area contributed by atoms with Gasteiger partial charge in [0.2, 0.25) is 24.8 Å². The summed E-state index contributed by atoms with van der Waals surface area (Å²) in [5, 5.41) is 0. The Morgan fingerprint density at radius 2 is 0.821 bits per heavy atom. The second kappa shape index (κ2) is 20.2. The highest BCUT2D eigenvalue weighted by Crippen LogP contribution is 2.38. The average molecular weight is 799 g/mol. The van der Waals surface area contributed by atoms with Crippen molar-refractivity contribution in [2.45, 2.75) is 117 Å². The minimum absolute atomic E-state index is 0.0143. The van der Waals surface area contributed by atoms with Gasteiger partial charge in [-0.15, -0.1) is 0 Å². The van der Waals surface area contributed by atoms with Crippen LogP contribution in [0.5, 0.6) is 11.5 Å². The molecule has 0 spiro atoms. The summed E-state index contributed by atoms with van der Waals surface area (Å²) in [7, 11) is 0. The minimum atomic E-state index is -1.80. The molecular weight excluding hydrogens is 756 g/mol. The van der Waals surface area contributed by atoms with E-state index in [4.69, 9.17) is 56.8 Å². The molecule has 1 aromatic carbocycles. The molecule has 0 unspecified atom stereocenters. The largest absolute Gasteiger partial charge is 0.463 e. The Hall–Kier alpha value is -5.83. The number of hydrogen-bond acceptors (Lipinski definition) is 21. The van der Waals surface area contributed by atoms with E-state index in [0.717, 1.165) is 61.5 Å². The van der Waals surface area contributed by atoms with E-state index in [1.165, 1.54) is 12.1 Å². The lowest BCUT2D eigenvalue weighted by Gasteiger charge is -2.44. The molecule has 56 heavy (non-hydrogen) atoms. The van der Waals surface area contributed by atoms with Crippen molar-refractivity contribution in [3.63, 3.8) is 0 Å². The van der Waals surface area contributed by atoms with Crippen molar-refractivity contribution in [3.8, 4) is 11.5 Å². The Kier molecular flexibility index (Phi) is 16.1. The number of aldehydes is 1. The van der Waals surface area contributed by atoms with Crippen LogP contribution >= 0.6 is 0 Å². The molecule has 0 bridgehead atoms. The summed E-state index contributed by atoms with van der Waals surface area (Å²) >= 11 is 0. The maximum atomic E-state index is 12.4. The predicted octanol–water partition coefficient (Wildman–Crippen LogP) is 0.423. The van der Waals surface area contributed by atoms with Crippen molar-refractivity contribution in [1.82, 2.24) is 0 Å². The molecule has 2 fully saturated rings. The summed E-state index contributed by atoms with van der Waals surface area (Å²) in [6, 6.07) is 3.62. The molecule has 21 nitrogen and oxygen atoms in total. The van der Waals surface area contributed by atoms with Gasteiger partial charge in [0.15, 0.2) is 35.9 Å². The fraction of sp³-hybridized carbons (Fsp3) is 0.571. The van der Waals surface area contributed by atoms with Crippen LogP contribution < -0.4 is 9.47 Å². The molecule has 0 amide bonds. The minimum Gasteiger partial charge on any atom is -0.463 e. The van der Waals surface area contributed by atoms with E-state index in [1.807, 2.05) is 0 Å². The third kappa shape index (κ3) is 12.9. The highest BCUT2D eigenvalue weighted by molar-refractivity contribution is 5.76. The van der Waals surface area contributed by atoms with Gasteiger partial charge in [0.05, 0.1) is 0 Å². The van der Waals surface area contributed by atoms with Gasteiger partial charge in [-0.25, -0.2) is 0 Å². The van der Waals surface area contributed by atoms with Crippen LogP contribution in [0.1, 0.15) is 65.7 Å². The van der Waals surface area contributed by atoms with E-state index in [1.54, 1.807) is 0 Å². The lowest BCUT2D eigenvalue weighted by molar-refractivity contribution is -0.292. The van der Waals surface area contributed by atoms with Crippen LogP contribution in [0, 0.1) is 0 Å². The molecule has 2 aliphatic heterocycles. The normalized spacial score (nSPS) is 26.9. The summed E-state index contributed by atoms with van der Waals surface area (Å²) < 4.78 is 67.0. The molecule has 2 saturated heterocycles. The zero-order chi connectivity index (χ0) is 41.9. The van der Waals surface area contributed by atoms with Gasteiger partial charge in [0, 0.05) is 61.0 Å². The topological polar surface area (TPSA) is 264 Å². The fourth-order valence-corrected chi connectivity index (χ4v) is 5.60. The fourth-order valence-electron chi connectivity index (χ4n) is 5.60. The molecule has 0 aliphatic carbocycles. The summed E-state index contributed by atoms with van der Waals surface area (Å²) in [5.41, 5.74) is -0.0143. The van der Waals surface area contributed by atoms with Crippen molar-refractivity contribution in [2.24, 2.45) is 0 Å². The monoisotopic (exact) mass is 798 g/mol. The van der Waals surface area contributed by atoms with E-state index in [2.05, 4.69) is 0 Å². The van der Waals surface area contributed by atoms with Crippen LogP contribution in [-0.2, 0) is 85.7 Å². The highest BCUT2D eigenvalue weighted by atomic mass is 16.8. The Balaban J connectivity index is 2.17. The number of hydrogen-bond donors (Lipinski definition) is 0. The Bertz CT molecular complexity index is 1660. The number of benzene rings is 1. The third-order valence-electron chi connectivity index (χ3n) is 7.49. The number of carbonyl (C=O) groups is 9. The van der Waals surface area contributed by atoms with Crippen molar-refractivity contribution in [1.29, 1.82) is 0 Å². The smallest absolute Gasteiger partial charge is 0.303 e. The van der Waals surface area contributed by atoms with Crippen LogP contribution in [-0.4, -0.2) is 129 Å². The Morgan fingerprint density at radius 3 is 1.16 bits per heavy atom. The molecule has 0 saturated carbocycles. The first-order valence-electron chi connectivity index (χ1n) is 16.8.